The molecule has 0 bridgehead atoms. The lowest BCUT2D eigenvalue weighted by Crippen LogP contribution is -2.58. The van der Waals surface area contributed by atoms with Crippen LogP contribution in [0.15, 0.2) is 30.0 Å². The maximum atomic E-state index is 12.7. The SMILES string of the molecule is CCC1(CC)Oc2ccc(C#N)cc2[C@@H](N2CC(OC)=CC2=O)[C@@H]1OC(C)=O. The van der Waals surface area contributed by atoms with Gasteiger partial charge in [0, 0.05) is 18.6 Å². The highest BCUT2D eigenvalue weighted by atomic mass is 16.6. The van der Waals surface area contributed by atoms with E-state index in [4.69, 9.17) is 14.2 Å². The molecular weight excluding hydrogens is 360 g/mol. The van der Waals surface area contributed by atoms with Crippen LogP contribution in [0.1, 0.15) is 50.8 Å². The van der Waals surface area contributed by atoms with E-state index in [0.29, 0.717) is 35.5 Å². The lowest BCUT2D eigenvalue weighted by Gasteiger charge is -2.49. The van der Waals surface area contributed by atoms with Crippen LogP contribution in [0.2, 0.25) is 0 Å². The topological polar surface area (TPSA) is 88.9 Å². The first-order valence-electron chi connectivity index (χ1n) is 9.34. The molecule has 1 aromatic rings. The molecule has 0 radical (unpaired) electrons. The van der Waals surface area contributed by atoms with Gasteiger partial charge in [0.05, 0.1) is 25.3 Å². The maximum absolute atomic E-state index is 12.7. The fraction of sp³-hybridized carbons (Fsp3) is 0.476. The van der Waals surface area contributed by atoms with Crippen LogP contribution >= 0.6 is 0 Å². The lowest BCUT2D eigenvalue weighted by molar-refractivity contribution is -0.177. The molecule has 3 rings (SSSR count). The van der Waals surface area contributed by atoms with Crippen LogP contribution in [0.5, 0.6) is 5.75 Å². The van der Waals surface area contributed by atoms with Crippen molar-refractivity contribution in [1.82, 2.24) is 4.90 Å². The summed E-state index contributed by atoms with van der Waals surface area (Å²) in [5.41, 5.74) is 0.316. The number of amides is 1. The van der Waals surface area contributed by atoms with Crippen molar-refractivity contribution in [2.45, 2.75) is 51.4 Å². The van der Waals surface area contributed by atoms with Crippen molar-refractivity contribution in [3.05, 3.63) is 41.2 Å². The van der Waals surface area contributed by atoms with Gasteiger partial charge in [-0.1, -0.05) is 13.8 Å². The number of nitriles is 1. The number of fused-ring (bicyclic) bond motifs is 1. The number of nitrogens with zero attached hydrogens (tertiary/aromatic N) is 2. The molecule has 28 heavy (non-hydrogen) atoms. The van der Waals surface area contributed by atoms with Crippen LogP contribution in [0.25, 0.3) is 0 Å². The van der Waals surface area contributed by atoms with Crippen molar-refractivity contribution in [2.75, 3.05) is 13.7 Å². The quantitative estimate of drug-likeness (QED) is 0.725. The summed E-state index contributed by atoms with van der Waals surface area (Å²) in [6, 6.07) is 6.66. The Kier molecular flexibility index (Phi) is 5.32. The van der Waals surface area contributed by atoms with E-state index < -0.39 is 23.7 Å². The number of hydrogen-bond acceptors (Lipinski definition) is 6. The normalized spacial score (nSPS) is 22.6. The smallest absolute Gasteiger partial charge is 0.303 e. The molecule has 2 aliphatic rings. The Morgan fingerprint density at radius 3 is 2.64 bits per heavy atom. The minimum Gasteiger partial charge on any atom is -0.499 e. The number of carbonyl (C=O) groups excluding carboxylic acids is 2. The predicted octanol–water partition coefficient (Wildman–Crippen LogP) is 2.85. The fourth-order valence-electron chi connectivity index (χ4n) is 4.02. The number of methoxy groups -OCH3 is 1. The lowest BCUT2D eigenvalue weighted by atomic mass is 9.79. The summed E-state index contributed by atoms with van der Waals surface area (Å²) in [5, 5.41) is 9.34. The first kappa shape index (κ1) is 19.7. The highest BCUT2D eigenvalue weighted by Crippen LogP contribution is 2.48. The molecule has 1 aromatic carbocycles. The van der Waals surface area contributed by atoms with Crippen LogP contribution in [-0.2, 0) is 19.1 Å². The Morgan fingerprint density at radius 2 is 2.11 bits per heavy atom. The first-order valence-corrected chi connectivity index (χ1v) is 9.34. The summed E-state index contributed by atoms with van der Waals surface area (Å²) in [6.07, 6.45) is 1.90. The van der Waals surface area contributed by atoms with E-state index in [1.165, 1.54) is 20.1 Å². The van der Waals surface area contributed by atoms with E-state index in [9.17, 15) is 14.9 Å². The second-order valence-corrected chi connectivity index (χ2v) is 6.99. The van der Waals surface area contributed by atoms with Gasteiger partial charge in [0.15, 0.2) is 6.10 Å². The molecule has 1 amide bonds. The Labute approximate surface area is 164 Å². The van der Waals surface area contributed by atoms with Gasteiger partial charge in [-0.25, -0.2) is 0 Å². The minimum atomic E-state index is -0.784. The van der Waals surface area contributed by atoms with E-state index in [2.05, 4.69) is 6.07 Å². The average molecular weight is 384 g/mol. The Bertz CT molecular complexity index is 866. The average Bonchev–Trinajstić information content (AvgIpc) is 3.07. The van der Waals surface area contributed by atoms with Crippen LogP contribution in [0, 0.1) is 11.3 Å². The summed E-state index contributed by atoms with van der Waals surface area (Å²) in [7, 11) is 1.51. The number of rotatable bonds is 5. The van der Waals surface area contributed by atoms with E-state index in [-0.39, 0.29) is 12.5 Å². The van der Waals surface area contributed by atoms with Crippen LogP contribution < -0.4 is 4.74 Å². The molecule has 0 aliphatic carbocycles. The van der Waals surface area contributed by atoms with Crippen LogP contribution in [0.4, 0.5) is 0 Å². The van der Waals surface area contributed by atoms with Gasteiger partial charge in [-0.15, -0.1) is 0 Å². The molecular formula is C21H24N2O5. The second kappa shape index (κ2) is 7.55. The third kappa shape index (κ3) is 3.19. The van der Waals surface area contributed by atoms with Crippen molar-refractivity contribution in [3.8, 4) is 11.8 Å². The minimum absolute atomic E-state index is 0.227. The van der Waals surface area contributed by atoms with Crippen molar-refractivity contribution in [2.24, 2.45) is 0 Å². The van der Waals surface area contributed by atoms with E-state index in [0.717, 1.165) is 0 Å². The molecule has 0 unspecified atom stereocenters. The molecule has 148 valence electrons. The Hall–Kier alpha value is -3.01. The predicted molar refractivity (Wildman–Crippen MR) is 100 cm³/mol. The van der Waals surface area contributed by atoms with E-state index >= 15 is 0 Å². The van der Waals surface area contributed by atoms with Gasteiger partial charge < -0.3 is 19.1 Å². The highest BCUT2D eigenvalue weighted by molar-refractivity contribution is 5.91. The zero-order valence-electron chi connectivity index (χ0n) is 16.5. The van der Waals surface area contributed by atoms with Crippen molar-refractivity contribution in [3.63, 3.8) is 0 Å². The highest BCUT2D eigenvalue weighted by Gasteiger charge is 2.53. The second-order valence-electron chi connectivity index (χ2n) is 6.99. The monoisotopic (exact) mass is 384 g/mol. The molecule has 0 spiro atoms. The Balaban J connectivity index is 2.19. The third-order valence-corrected chi connectivity index (χ3v) is 5.56. The Morgan fingerprint density at radius 1 is 1.39 bits per heavy atom. The zero-order valence-corrected chi connectivity index (χ0v) is 16.5. The molecule has 0 fully saturated rings. The number of ether oxygens (including phenoxy) is 3. The van der Waals surface area contributed by atoms with Crippen LogP contribution in [0.3, 0.4) is 0 Å². The van der Waals surface area contributed by atoms with Gasteiger partial charge >= 0.3 is 5.97 Å². The standard InChI is InChI=1S/C21H24N2O5/c1-5-21(6-2)20(27-13(3)24)19(23-12-15(26-4)10-18(23)25)16-9-14(11-22)7-8-17(16)28-21/h7-10,19-20H,5-6,12H2,1-4H3/t19-,20+/m1/s1. The summed E-state index contributed by atoms with van der Waals surface area (Å²) in [6.45, 7) is 5.54. The molecule has 2 aliphatic heterocycles. The molecule has 0 saturated heterocycles. The van der Waals surface area contributed by atoms with Gasteiger partial charge in [-0.3, -0.25) is 9.59 Å². The molecule has 7 heteroatoms. The van der Waals surface area contributed by atoms with Gasteiger partial charge in [0.2, 0.25) is 0 Å². The summed E-state index contributed by atoms with van der Waals surface area (Å²) < 4.78 is 17.4. The molecule has 2 atom stereocenters. The van der Waals surface area contributed by atoms with Gasteiger partial charge in [-0.05, 0) is 31.0 Å². The fourth-order valence-corrected chi connectivity index (χ4v) is 4.02. The zero-order chi connectivity index (χ0) is 20.5. The summed E-state index contributed by atoms with van der Waals surface area (Å²) in [4.78, 5) is 26.3. The maximum Gasteiger partial charge on any atom is 0.303 e. The van der Waals surface area contributed by atoms with Crippen LogP contribution in [-0.4, -0.2) is 42.1 Å². The number of esters is 1. The number of hydrogen-bond donors (Lipinski definition) is 0. The summed E-state index contributed by atoms with van der Waals surface area (Å²) in [5.74, 6) is 0.455. The largest absolute Gasteiger partial charge is 0.499 e. The third-order valence-electron chi connectivity index (χ3n) is 5.56. The van der Waals surface area contributed by atoms with E-state index in [1.807, 2.05) is 13.8 Å². The van der Waals surface area contributed by atoms with Crippen molar-refractivity contribution < 1.29 is 23.8 Å². The first-order chi connectivity index (χ1) is 13.4. The molecule has 0 N–H and O–H groups in total. The summed E-state index contributed by atoms with van der Waals surface area (Å²) >= 11 is 0. The van der Waals surface area contributed by atoms with E-state index in [1.54, 1.807) is 23.1 Å². The van der Waals surface area contributed by atoms with Gasteiger partial charge in [0.25, 0.3) is 5.91 Å². The molecule has 0 aromatic heterocycles. The number of carbonyl (C=O) groups is 2. The molecule has 0 saturated carbocycles. The van der Waals surface area contributed by atoms with Crippen molar-refractivity contribution >= 4 is 11.9 Å². The van der Waals surface area contributed by atoms with Crippen molar-refractivity contribution in [1.29, 1.82) is 5.26 Å². The molecule has 7 nitrogen and oxygen atoms in total. The van der Waals surface area contributed by atoms with Gasteiger partial charge in [-0.2, -0.15) is 5.26 Å². The number of benzene rings is 1. The molecule has 2 heterocycles. The van der Waals surface area contributed by atoms with Gasteiger partial charge in [0.1, 0.15) is 23.2 Å².